The Morgan fingerprint density at radius 2 is 1.49 bits per heavy atom. The van der Waals surface area contributed by atoms with Crippen LogP contribution in [-0.4, -0.2) is 80.7 Å². The van der Waals surface area contributed by atoms with Crippen LogP contribution in [0.2, 0.25) is 0 Å². The van der Waals surface area contributed by atoms with E-state index in [-0.39, 0.29) is 54.9 Å². The van der Waals surface area contributed by atoms with Gasteiger partial charge in [-0.3, -0.25) is 40.6 Å². The van der Waals surface area contributed by atoms with Gasteiger partial charge < -0.3 is 19.7 Å². The number of rotatable bonds is 8. The SMILES string of the molecule is N=C(NC(=O)OCc1ccc([N+](=O)[O-])cc1)N1CC[C@H](NC(=O)[C@@H]2C[C@H](S)CN2C(=O)OCc2ccc([N+](=O)[O-])cc2)C1. The topological polar surface area (TPSA) is 210 Å². The summed E-state index contributed by atoms with van der Waals surface area (Å²) in [5.74, 6) is -0.601. The molecule has 3 atom stereocenters. The first-order valence-electron chi connectivity index (χ1n) is 13.2. The molecule has 2 aromatic rings. The molecule has 0 aliphatic carbocycles. The third-order valence-corrected chi connectivity index (χ3v) is 7.29. The van der Waals surface area contributed by atoms with E-state index < -0.39 is 34.0 Å². The fraction of sp³-hybridized carbons (Fsp3) is 0.385. The highest BCUT2D eigenvalue weighted by Crippen LogP contribution is 2.24. The van der Waals surface area contributed by atoms with Crippen molar-refractivity contribution in [3.63, 3.8) is 0 Å². The Kier molecular flexibility index (Phi) is 9.97. The second kappa shape index (κ2) is 13.8. The normalized spacial score (nSPS) is 19.4. The average molecular weight is 616 g/mol. The number of alkyl carbamates (subject to hydrolysis) is 1. The third kappa shape index (κ3) is 8.31. The van der Waals surface area contributed by atoms with Crippen LogP contribution in [0.3, 0.4) is 0 Å². The lowest BCUT2D eigenvalue weighted by atomic mass is 10.1. The molecule has 0 saturated carbocycles. The maximum Gasteiger partial charge on any atom is 0.414 e. The molecule has 2 aromatic carbocycles. The van der Waals surface area contributed by atoms with Crippen LogP contribution in [0.15, 0.2) is 48.5 Å². The highest BCUT2D eigenvalue weighted by molar-refractivity contribution is 7.81. The van der Waals surface area contributed by atoms with Crippen LogP contribution >= 0.6 is 12.6 Å². The van der Waals surface area contributed by atoms with Crippen molar-refractivity contribution in [1.82, 2.24) is 20.4 Å². The van der Waals surface area contributed by atoms with E-state index in [4.69, 9.17) is 14.9 Å². The number of non-ortho nitro benzene ring substituents is 2. The molecule has 0 spiro atoms. The largest absolute Gasteiger partial charge is 0.445 e. The summed E-state index contributed by atoms with van der Waals surface area (Å²) in [6.45, 7) is 0.563. The molecule has 43 heavy (non-hydrogen) atoms. The van der Waals surface area contributed by atoms with Crippen LogP contribution in [-0.2, 0) is 27.5 Å². The van der Waals surface area contributed by atoms with Crippen LogP contribution in [0.25, 0.3) is 0 Å². The maximum atomic E-state index is 13.1. The Labute approximate surface area is 250 Å². The van der Waals surface area contributed by atoms with Gasteiger partial charge in [0.25, 0.3) is 11.4 Å². The molecule has 0 radical (unpaired) electrons. The van der Waals surface area contributed by atoms with E-state index in [9.17, 15) is 34.6 Å². The summed E-state index contributed by atoms with van der Waals surface area (Å²) in [4.78, 5) is 61.4. The van der Waals surface area contributed by atoms with Gasteiger partial charge in [0.05, 0.1) is 9.85 Å². The lowest BCUT2D eigenvalue weighted by molar-refractivity contribution is -0.385. The smallest absolute Gasteiger partial charge is 0.414 e. The summed E-state index contributed by atoms with van der Waals surface area (Å²) in [5.41, 5.74) is 0.923. The minimum Gasteiger partial charge on any atom is -0.445 e. The van der Waals surface area contributed by atoms with Crippen molar-refractivity contribution >= 4 is 48.1 Å². The Balaban J connectivity index is 1.21. The van der Waals surface area contributed by atoms with Crippen LogP contribution in [0.1, 0.15) is 24.0 Å². The van der Waals surface area contributed by atoms with Gasteiger partial charge in [-0.25, -0.2) is 9.59 Å². The van der Waals surface area contributed by atoms with Gasteiger partial charge in [0.1, 0.15) is 19.3 Å². The third-order valence-electron chi connectivity index (χ3n) is 6.91. The van der Waals surface area contributed by atoms with E-state index in [0.717, 1.165) is 0 Å². The van der Waals surface area contributed by atoms with Crippen molar-refractivity contribution in [2.75, 3.05) is 19.6 Å². The van der Waals surface area contributed by atoms with Crippen molar-refractivity contribution in [1.29, 1.82) is 5.41 Å². The second-order valence-corrected chi connectivity index (χ2v) is 10.7. The fourth-order valence-corrected chi connectivity index (χ4v) is 5.03. The molecule has 2 aliphatic rings. The number of likely N-dealkylation sites (tertiary alicyclic amines) is 2. The number of nitrogens with zero attached hydrogens (tertiary/aromatic N) is 4. The summed E-state index contributed by atoms with van der Waals surface area (Å²) in [5, 5.41) is 34.7. The van der Waals surface area contributed by atoms with Crippen molar-refractivity contribution in [2.24, 2.45) is 0 Å². The minimum atomic E-state index is -0.871. The van der Waals surface area contributed by atoms with Crippen LogP contribution in [0.4, 0.5) is 21.0 Å². The fourth-order valence-electron chi connectivity index (χ4n) is 4.66. The molecule has 0 unspecified atom stereocenters. The molecule has 2 heterocycles. The predicted octanol–water partition coefficient (Wildman–Crippen LogP) is 2.56. The standard InChI is InChI=1S/C26H29N7O9S/c27-24(29-25(35)41-14-16-1-5-19(6-2-16)32(37)38)30-10-9-18(12-30)28-23(34)22-11-21(43)13-31(22)26(36)42-15-17-3-7-20(8-4-17)33(39)40/h1-8,18,21-22,43H,9-15H2,(H,28,34)(H2,27,29,35)/t18-,21-,22-/m0/s1. The molecule has 17 heteroatoms. The molecule has 2 saturated heterocycles. The van der Waals surface area contributed by atoms with Crippen LogP contribution in [0, 0.1) is 25.6 Å². The number of amides is 3. The molecular formula is C26H29N7O9S. The molecule has 0 aromatic heterocycles. The van der Waals surface area contributed by atoms with E-state index in [1.165, 1.54) is 53.4 Å². The second-order valence-electron chi connectivity index (χ2n) is 9.95. The molecule has 4 rings (SSSR count). The summed E-state index contributed by atoms with van der Waals surface area (Å²) in [7, 11) is 0. The first kappa shape index (κ1) is 31.0. The van der Waals surface area contributed by atoms with Crippen molar-refractivity contribution < 1.29 is 33.7 Å². The zero-order valence-corrected chi connectivity index (χ0v) is 23.6. The molecule has 228 valence electrons. The number of ether oxygens (including phenoxy) is 2. The first-order chi connectivity index (χ1) is 20.5. The van der Waals surface area contributed by atoms with E-state index in [1.807, 2.05) is 0 Å². The number of benzene rings is 2. The van der Waals surface area contributed by atoms with Gasteiger partial charge in [-0.15, -0.1) is 0 Å². The van der Waals surface area contributed by atoms with E-state index in [0.29, 0.717) is 30.5 Å². The van der Waals surface area contributed by atoms with Crippen molar-refractivity contribution in [2.45, 2.75) is 43.4 Å². The number of carbonyl (C=O) groups excluding carboxylic acids is 3. The maximum absolute atomic E-state index is 13.1. The highest BCUT2D eigenvalue weighted by atomic mass is 32.1. The zero-order valence-electron chi connectivity index (χ0n) is 22.7. The molecule has 2 aliphatic heterocycles. The van der Waals surface area contributed by atoms with Gasteiger partial charge >= 0.3 is 12.2 Å². The Morgan fingerprint density at radius 3 is 2.05 bits per heavy atom. The van der Waals surface area contributed by atoms with E-state index in [2.05, 4.69) is 23.3 Å². The average Bonchev–Trinajstić information content (AvgIpc) is 3.62. The summed E-state index contributed by atoms with van der Waals surface area (Å²) >= 11 is 4.43. The number of nitro benzene ring substituents is 2. The minimum absolute atomic E-state index is 0.0831. The van der Waals surface area contributed by atoms with Gasteiger partial charge in [0, 0.05) is 55.2 Å². The number of thiol groups is 1. The lowest BCUT2D eigenvalue weighted by Crippen LogP contribution is -2.50. The molecule has 16 nitrogen and oxygen atoms in total. The molecule has 0 bridgehead atoms. The number of carbonyl (C=O) groups is 3. The summed E-state index contributed by atoms with van der Waals surface area (Å²) in [6.07, 6.45) is -0.767. The van der Waals surface area contributed by atoms with E-state index in [1.54, 1.807) is 4.90 Å². The number of hydrogen-bond donors (Lipinski definition) is 4. The van der Waals surface area contributed by atoms with Gasteiger partial charge in [-0.1, -0.05) is 0 Å². The highest BCUT2D eigenvalue weighted by Gasteiger charge is 2.40. The van der Waals surface area contributed by atoms with Gasteiger partial charge in [0.15, 0.2) is 0 Å². The van der Waals surface area contributed by atoms with E-state index >= 15 is 0 Å². The number of nitrogens with one attached hydrogen (secondary N) is 3. The monoisotopic (exact) mass is 615 g/mol. The van der Waals surface area contributed by atoms with Crippen LogP contribution < -0.4 is 10.6 Å². The van der Waals surface area contributed by atoms with Gasteiger partial charge in [-0.2, -0.15) is 12.6 Å². The number of guanidine groups is 1. The van der Waals surface area contributed by atoms with Crippen molar-refractivity contribution in [3.8, 4) is 0 Å². The predicted molar refractivity (Wildman–Crippen MR) is 153 cm³/mol. The lowest BCUT2D eigenvalue weighted by Gasteiger charge is -2.25. The first-order valence-corrected chi connectivity index (χ1v) is 13.7. The zero-order chi connectivity index (χ0) is 31.1. The van der Waals surface area contributed by atoms with Crippen LogP contribution in [0.5, 0.6) is 0 Å². The summed E-state index contributed by atoms with van der Waals surface area (Å²) in [6, 6.07) is 9.95. The Morgan fingerprint density at radius 1 is 0.930 bits per heavy atom. The van der Waals surface area contributed by atoms with Gasteiger partial charge in [-0.05, 0) is 48.2 Å². The molecule has 2 fully saturated rings. The number of hydrogen-bond acceptors (Lipinski definition) is 11. The molecule has 3 N–H and O–H groups in total. The number of nitro groups is 2. The summed E-state index contributed by atoms with van der Waals surface area (Å²) < 4.78 is 10.4. The quantitative estimate of drug-likeness (QED) is 0.112. The Bertz CT molecular complexity index is 1390. The molecular weight excluding hydrogens is 586 g/mol. The van der Waals surface area contributed by atoms with Crippen molar-refractivity contribution in [3.05, 3.63) is 79.9 Å². The van der Waals surface area contributed by atoms with Gasteiger partial charge in [0.2, 0.25) is 11.9 Å². The Hall–Kier alpha value is -4.93. The molecule has 3 amide bonds.